The van der Waals surface area contributed by atoms with E-state index in [0.29, 0.717) is 17.2 Å². The van der Waals surface area contributed by atoms with Gasteiger partial charge in [-0.3, -0.25) is 9.52 Å². The van der Waals surface area contributed by atoms with Crippen LogP contribution in [0.3, 0.4) is 0 Å². The van der Waals surface area contributed by atoms with Crippen LogP contribution in [0.15, 0.2) is 47.4 Å². The molecule has 2 unspecified atom stereocenters. The molecule has 1 saturated carbocycles. The number of carbonyl (C=O) groups is 1. The summed E-state index contributed by atoms with van der Waals surface area (Å²) in [6, 6.07) is 12.0. The van der Waals surface area contributed by atoms with Crippen LogP contribution >= 0.6 is 0 Å². The molecule has 1 aliphatic rings. The summed E-state index contributed by atoms with van der Waals surface area (Å²) in [6.07, 6.45) is 2.95. The fourth-order valence-electron chi connectivity index (χ4n) is 3.65. The largest absolute Gasteiger partial charge is 0.495 e. The quantitative estimate of drug-likeness (QED) is 0.600. The number of anilines is 1. The summed E-state index contributed by atoms with van der Waals surface area (Å²) in [5.74, 6) is 0.419. The topological polar surface area (TPSA) is 75.7 Å². The molecular weight excluding hydrogens is 412 g/mol. The van der Waals surface area contributed by atoms with Crippen LogP contribution < -0.4 is 9.46 Å². The van der Waals surface area contributed by atoms with Crippen molar-refractivity contribution in [1.29, 1.82) is 0 Å². The number of sulfonamides is 1. The molecule has 0 spiro atoms. The standard InChI is InChI=1S/C24H32N2O4S/c1-6-17(3)18(4)26(21-12-13-21)24(27)19-9-14-22(30-5)23(15-19)31(28,29)25-20-10-7-16(2)8-11-20/h7-11,14-15,17-18,21,25H,6,12-13H2,1-5H3. The predicted octanol–water partition coefficient (Wildman–Crippen LogP) is 4.84. The van der Waals surface area contributed by atoms with Gasteiger partial charge in [0.05, 0.1) is 7.11 Å². The molecule has 2 aromatic carbocycles. The highest BCUT2D eigenvalue weighted by Gasteiger charge is 2.38. The van der Waals surface area contributed by atoms with E-state index in [1.165, 1.54) is 13.2 Å². The second-order valence-electron chi connectivity index (χ2n) is 8.41. The van der Waals surface area contributed by atoms with Crippen LogP contribution in [0.5, 0.6) is 5.75 Å². The van der Waals surface area contributed by atoms with Gasteiger partial charge in [-0.05, 0) is 62.9 Å². The smallest absolute Gasteiger partial charge is 0.265 e. The van der Waals surface area contributed by atoms with Crippen molar-refractivity contribution < 1.29 is 17.9 Å². The molecule has 6 nitrogen and oxygen atoms in total. The third kappa shape index (κ3) is 5.21. The van der Waals surface area contributed by atoms with Gasteiger partial charge in [0.2, 0.25) is 0 Å². The van der Waals surface area contributed by atoms with E-state index >= 15 is 0 Å². The van der Waals surface area contributed by atoms with E-state index < -0.39 is 10.0 Å². The van der Waals surface area contributed by atoms with E-state index in [4.69, 9.17) is 4.74 Å². The minimum Gasteiger partial charge on any atom is -0.495 e. The molecule has 0 radical (unpaired) electrons. The van der Waals surface area contributed by atoms with Crippen LogP contribution in [0.1, 0.15) is 56.0 Å². The fraction of sp³-hybridized carbons (Fsp3) is 0.458. The Morgan fingerprint density at radius 3 is 2.35 bits per heavy atom. The number of benzene rings is 2. The van der Waals surface area contributed by atoms with Gasteiger partial charge in [-0.25, -0.2) is 8.42 Å². The Hall–Kier alpha value is -2.54. The van der Waals surface area contributed by atoms with Crippen LogP contribution in [0, 0.1) is 12.8 Å². The average molecular weight is 445 g/mol. The summed E-state index contributed by atoms with van der Waals surface area (Å²) in [4.78, 5) is 15.3. The highest BCUT2D eigenvalue weighted by Crippen LogP contribution is 2.34. The van der Waals surface area contributed by atoms with Gasteiger partial charge in [0, 0.05) is 23.3 Å². The van der Waals surface area contributed by atoms with Gasteiger partial charge in [0.25, 0.3) is 15.9 Å². The third-order valence-corrected chi connectivity index (χ3v) is 7.49. The SMILES string of the molecule is CCC(C)C(C)N(C(=O)c1ccc(OC)c(S(=O)(=O)Nc2ccc(C)cc2)c1)C1CC1. The summed E-state index contributed by atoms with van der Waals surface area (Å²) in [6.45, 7) is 8.27. The maximum Gasteiger partial charge on any atom is 0.265 e. The molecule has 1 fully saturated rings. The minimum atomic E-state index is -3.94. The van der Waals surface area contributed by atoms with Gasteiger partial charge in [0.15, 0.2) is 0 Å². The van der Waals surface area contributed by atoms with Crippen LogP contribution in [-0.2, 0) is 10.0 Å². The normalized spacial score (nSPS) is 15.8. The van der Waals surface area contributed by atoms with Crippen molar-refractivity contribution in [3.63, 3.8) is 0 Å². The average Bonchev–Trinajstić information content (AvgIpc) is 3.59. The van der Waals surface area contributed by atoms with Crippen LogP contribution in [0.4, 0.5) is 5.69 Å². The Morgan fingerprint density at radius 1 is 1.16 bits per heavy atom. The molecule has 0 bridgehead atoms. The predicted molar refractivity (Wildman–Crippen MR) is 123 cm³/mol. The third-order valence-electron chi connectivity index (χ3n) is 6.08. The highest BCUT2D eigenvalue weighted by atomic mass is 32.2. The molecule has 0 aromatic heterocycles. The molecule has 1 amide bonds. The van der Waals surface area contributed by atoms with E-state index in [1.807, 2.05) is 24.0 Å². The molecule has 2 aromatic rings. The monoisotopic (exact) mass is 444 g/mol. The molecule has 0 saturated heterocycles. The van der Waals surface area contributed by atoms with E-state index in [2.05, 4.69) is 25.5 Å². The molecular formula is C24H32N2O4S. The van der Waals surface area contributed by atoms with Crippen molar-refractivity contribution in [3.8, 4) is 5.75 Å². The molecule has 2 atom stereocenters. The molecule has 168 valence electrons. The van der Waals surface area contributed by atoms with Gasteiger partial charge < -0.3 is 9.64 Å². The van der Waals surface area contributed by atoms with Crippen LogP contribution in [0.25, 0.3) is 0 Å². The first-order valence-electron chi connectivity index (χ1n) is 10.8. The van der Waals surface area contributed by atoms with Crippen molar-refractivity contribution in [1.82, 2.24) is 4.90 Å². The number of ether oxygens (including phenoxy) is 1. The first-order valence-corrected chi connectivity index (χ1v) is 12.3. The lowest BCUT2D eigenvalue weighted by atomic mass is 9.98. The van der Waals surface area contributed by atoms with E-state index in [9.17, 15) is 13.2 Å². The lowest BCUT2D eigenvalue weighted by Crippen LogP contribution is -2.43. The van der Waals surface area contributed by atoms with Gasteiger partial charge in [-0.2, -0.15) is 0 Å². The molecule has 0 heterocycles. The van der Waals surface area contributed by atoms with Gasteiger partial charge in [-0.15, -0.1) is 0 Å². The lowest BCUT2D eigenvalue weighted by Gasteiger charge is -2.33. The van der Waals surface area contributed by atoms with Crippen LogP contribution in [-0.4, -0.2) is 38.4 Å². The van der Waals surface area contributed by atoms with Gasteiger partial charge >= 0.3 is 0 Å². The molecule has 7 heteroatoms. The second-order valence-corrected chi connectivity index (χ2v) is 10.1. The molecule has 1 N–H and O–H groups in total. The number of nitrogens with zero attached hydrogens (tertiary/aromatic N) is 1. The molecule has 31 heavy (non-hydrogen) atoms. The van der Waals surface area contributed by atoms with Crippen molar-refractivity contribution in [3.05, 3.63) is 53.6 Å². The molecule has 1 aliphatic carbocycles. The van der Waals surface area contributed by atoms with Crippen molar-refractivity contribution in [2.45, 2.75) is 63.9 Å². The van der Waals surface area contributed by atoms with Crippen molar-refractivity contribution >= 4 is 21.6 Å². The number of hydrogen-bond acceptors (Lipinski definition) is 4. The minimum absolute atomic E-state index is 0.0478. The Morgan fingerprint density at radius 2 is 1.81 bits per heavy atom. The maximum atomic E-state index is 13.4. The van der Waals surface area contributed by atoms with E-state index in [1.54, 1.807) is 24.3 Å². The summed E-state index contributed by atoms with van der Waals surface area (Å²) in [5, 5.41) is 0. The van der Waals surface area contributed by atoms with Gasteiger partial charge in [0.1, 0.15) is 10.6 Å². The summed E-state index contributed by atoms with van der Waals surface area (Å²) < 4.78 is 34.1. The zero-order valence-electron chi connectivity index (χ0n) is 18.9. The number of rotatable bonds is 9. The Bertz CT molecular complexity index is 1030. The Kier molecular flexibility index (Phi) is 6.94. The Balaban J connectivity index is 1.95. The first kappa shape index (κ1) is 23.1. The lowest BCUT2D eigenvalue weighted by molar-refractivity contribution is 0.0615. The summed E-state index contributed by atoms with van der Waals surface area (Å²) >= 11 is 0. The zero-order valence-corrected chi connectivity index (χ0v) is 19.7. The van der Waals surface area contributed by atoms with E-state index in [0.717, 1.165) is 24.8 Å². The zero-order chi connectivity index (χ0) is 22.8. The summed E-state index contributed by atoms with van der Waals surface area (Å²) in [7, 11) is -2.52. The number of hydrogen-bond donors (Lipinski definition) is 1. The first-order chi connectivity index (χ1) is 14.7. The fourth-order valence-corrected chi connectivity index (χ4v) is 4.91. The number of methoxy groups -OCH3 is 1. The Labute approximate surface area is 185 Å². The van der Waals surface area contributed by atoms with Gasteiger partial charge in [-0.1, -0.05) is 38.0 Å². The maximum absolute atomic E-state index is 13.4. The molecule has 3 rings (SSSR count). The van der Waals surface area contributed by atoms with Crippen molar-refractivity contribution in [2.24, 2.45) is 5.92 Å². The van der Waals surface area contributed by atoms with E-state index in [-0.39, 0.29) is 28.6 Å². The van der Waals surface area contributed by atoms with Crippen LogP contribution in [0.2, 0.25) is 0 Å². The highest BCUT2D eigenvalue weighted by molar-refractivity contribution is 7.92. The number of nitrogens with one attached hydrogen (secondary N) is 1. The number of aryl methyl sites for hydroxylation is 1. The van der Waals surface area contributed by atoms with Crippen molar-refractivity contribution in [2.75, 3.05) is 11.8 Å². The molecule has 0 aliphatic heterocycles. The second kappa shape index (κ2) is 9.30. The number of amides is 1. The summed E-state index contributed by atoms with van der Waals surface area (Å²) in [5.41, 5.74) is 1.84. The number of carbonyl (C=O) groups excluding carboxylic acids is 1.